The predicted octanol–water partition coefficient (Wildman–Crippen LogP) is 4.30. The number of rotatable bonds is 6. The average molecular weight is 386 g/mol. The number of nitrogens with zero attached hydrogens (tertiary/aromatic N) is 4. The van der Waals surface area contributed by atoms with Crippen LogP contribution < -0.4 is 5.32 Å². The topological polar surface area (TPSA) is 64.7 Å². The molecule has 3 aromatic rings. The molecule has 1 aromatic carbocycles. The van der Waals surface area contributed by atoms with Crippen molar-refractivity contribution in [1.82, 2.24) is 19.6 Å². The van der Waals surface area contributed by atoms with Crippen LogP contribution in [0.5, 0.6) is 0 Å². The minimum atomic E-state index is -0.432. The SMILES string of the molecule is CCC(C(=O)Nc1ccn(Cc2cccc(C)c2)n1)n1nc(C)c(Cl)c1C. The summed E-state index contributed by atoms with van der Waals surface area (Å²) in [6.45, 7) is 8.37. The lowest BCUT2D eigenvalue weighted by atomic mass is 10.1. The first-order valence-electron chi connectivity index (χ1n) is 9.00. The van der Waals surface area contributed by atoms with Crippen LogP contribution in [0.25, 0.3) is 0 Å². The normalized spacial score (nSPS) is 12.2. The van der Waals surface area contributed by atoms with Crippen LogP contribution in [-0.4, -0.2) is 25.5 Å². The number of aryl methyl sites for hydroxylation is 2. The van der Waals surface area contributed by atoms with Crippen molar-refractivity contribution in [2.24, 2.45) is 0 Å². The summed E-state index contributed by atoms with van der Waals surface area (Å²) in [5.41, 5.74) is 3.89. The molecule has 2 aromatic heterocycles. The Morgan fingerprint density at radius 1 is 1.22 bits per heavy atom. The van der Waals surface area contributed by atoms with Gasteiger partial charge in [-0.3, -0.25) is 14.2 Å². The number of amides is 1. The monoisotopic (exact) mass is 385 g/mol. The Hall–Kier alpha value is -2.60. The first-order valence-corrected chi connectivity index (χ1v) is 9.38. The molecular formula is C20H24ClN5O. The Kier molecular flexibility index (Phi) is 5.65. The molecule has 0 aliphatic rings. The van der Waals surface area contributed by atoms with Gasteiger partial charge in [-0.25, -0.2) is 0 Å². The van der Waals surface area contributed by atoms with Gasteiger partial charge in [0.05, 0.1) is 23.0 Å². The van der Waals surface area contributed by atoms with Gasteiger partial charge in [-0.05, 0) is 32.8 Å². The zero-order valence-corrected chi connectivity index (χ0v) is 16.8. The number of anilines is 1. The molecule has 0 fully saturated rings. The van der Waals surface area contributed by atoms with Gasteiger partial charge in [-0.1, -0.05) is 48.4 Å². The molecule has 0 spiro atoms. The fourth-order valence-corrected chi connectivity index (χ4v) is 3.26. The molecule has 0 bridgehead atoms. The summed E-state index contributed by atoms with van der Waals surface area (Å²) in [4.78, 5) is 12.8. The Morgan fingerprint density at radius 2 is 2.00 bits per heavy atom. The highest BCUT2D eigenvalue weighted by atomic mass is 35.5. The zero-order valence-electron chi connectivity index (χ0n) is 16.0. The molecule has 0 radical (unpaired) electrons. The summed E-state index contributed by atoms with van der Waals surface area (Å²) in [7, 11) is 0. The van der Waals surface area contributed by atoms with Crippen LogP contribution in [0.15, 0.2) is 36.5 Å². The standard InChI is InChI=1S/C20H24ClN5O/c1-5-17(26-15(4)19(21)14(3)23-26)20(27)22-18-9-10-25(24-18)12-16-8-6-7-13(2)11-16/h6-11,17H,5,12H2,1-4H3,(H,22,24,27). The molecule has 0 saturated heterocycles. The van der Waals surface area contributed by atoms with Crippen LogP contribution >= 0.6 is 11.6 Å². The fourth-order valence-electron chi connectivity index (χ4n) is 3.14. The summed E-state index contributed by atoms with van der Waals surface area (Å²) in [5, 5.41) is 12.4. The van der Waals surface area contributed by atoms with Crippen molar-refractivity contribution in [3.8, 4) is 0 Å². The molecule has 1 atom stereocenters. The smallest absolute Gasteiger partial charge is 0.250 e. The van der Waals surface area contributed by atoms with Gasteiger partial charge in [0.25, 0.3) is 0 Å². The second-order valence-corrected chi connectivity index (χ2v) is 7.11. The molecule has 1 unspecified atom stereocenters. The lowest BCUT2D eigenvalue weighted by molar-refractivity contribution is -0.119. The Balaban J connectivity index is 1.72. The maximum Gasteiger partial charge on any atom is 0.250 e. The number of halogens is 1. The lowest BCUT2D eigenvalue weighted by Gasteiger charge is -2.16. The quantitative estimate of drug-likeness (QED) is 0.688. The molecule has 0 saturated carbocycles. The van der Waals surface area contributed by atoms with Crippen molar-refractivity contribution >= 4 is 23.3 Å². The van der Waals surface area contributed by atoms with E-state index in [1.807, 2.05) is 37.7 Å². The molecule has 7 heteroatoms. The molecule has 2 heterocycles. The number of aromatic nitrogens is 4. The Labute approximate surface area is 164 Å². The van der Waals surface area contributed by atoms with E-state index in [0.717, 1.165) is 11.4 Å². The minimum Gasteiger partial charge on any atom is -0.307 e. The molecular weight excluding hydrogens is 362 g/mol. The third kappa shape index (κ3) is 4.22. The van der Waals surface area contributed by atoms with Gasteiger partial charge in [-0.2, -0.15) is 10.2 Å². The predicted molar refractivity (Wildman–Crippen MR) is 107 cm³/mol. The van der Waals surface area contributed by atoms with Crippen LogP contribution in [0.1, 0.15) is 41.9 Å². The van der Waals surface area contributed by atoms with Crippen molar-refractivity contribution in [1.29, 1.82) is 0 Å². The average Bonchev–Trinajstić information content (AvgIpc) is 3.16. The molecule has 1 N–H and O–H groups in total. The first kappa shape index (κ1) is 19.2. The van der Waals surface area contributed by atoms with E-state index in [4.69, 9.17) is 11.6 Å². The van der Waals surface area contributed by atoms with Gasteiger partial charge >= 0.3 is 0 Å². The summed E-state index contributed by atoms with van der Waals surface area (Å²) in [6.07, 6.45) is 2.47. The summed E-state index contributed by atoms with van der Waals surface area (Å²) >= 11 is 6.23. The van der Waals surface area contributed by atoms with Crippen LogP contribution in [0.2, 0.25) is 5.02 Å². The van der Waals surface area contributed by atoms with Crippen molar-refractivity contribution < 1.29 is 4.79 Å². The highest BCUT2D eigenvalue weighted by molar-refractivity contribution is 6.31. The summed E-state index contributed by atoms with van der Waals surface area (Å²) in [5.74, 6) is 0.374. The van der Waals surface area contributed by atoms with Crippen LogP contribution in [0, 0.1) is 20.8 Å². The highest BCUT2D eigenvalue weighted by Crippen LogP contribution is 2.24. The molecule has 27 heavy (non-hydrogen) atoms. The van der Waals surface area contributed by atoms with Gasteiger partial charge in [0.1, 0.15) is 6.04 Å². The first-order chi connectivity index (χ1) is 12.9. The maximum absolute atomic E-state index is 12.8. The number of carbonyl (C=O) groups is 1. The zero-order chi connectivity index (χ0) is 19.6. The van der Waals surface area contributed by atoms with Gasteiger partial charge < -0.3 is 5.32 Å². The maximum atomic E-state index is 12.8. The van der Waals surface area contributed by atoms with E-state index in [1.54, 1.807) is 10.7 Å². The van der Waals surface area contributed by atoms with Crippen LogP contribution in [-0.2, 0) is 11.3 Å². The third-order valence-corrected chi connectivity index (χ3v) is 5.09. The van der Waals surface area contributed by atoms with Crippen molar-refractivity contribution in [2.75, 3.05) is 5.32 Å². The van der Waals surface area contributed by atoms with E-state index < -0.39 is 6.04 Å². The van der Waals surface area contributed by atoms with Crippen molar-refractivity contribution in [2.45, 2.75) is 46.7 Å². The number of carbonyl (C=O) groups excluding carboxylic acids is 1. The van der Waals surface area contributed by atoms with Gasteiger partial charge in [-0.15, -0.1) is 0 Å². The molecule has 3 rings (SSSR count). The van der Waals surface area contributed by atoms with Crippen LogP contribution in [0.3, 0.4) is 0 Å². The van der Waals surface area contributed by atoms with E-state index in [1.165, 1.54) is 11.1 Å². The number of hydrogen-bond donors (Lipinski definition) is 1. The fraction of sp³-hybridized carbons (Fsp3) is 0.350. The van der Waals surface area contributed by atoms with E-state index in [-0.39, 0.29) is 5.91 Å². The lowest BCUT2D eigenvalue weighted by Crippen LogP contribution is -2.27. The van der Waals surface area contributed by atoms with Crippen molar-refractivity contribution in [3.05, 3.63) is 64.1 Å². The summed E-state index contributed by atoms with van der Waals surface area (Å²) < 4.78 is 3.50. The van der Waals surface area contributed by atoms with Gasteiger partial charge in [0.2, 0.25) is 5.91 Å². The molecule has 6 nitrogen and oxygen atoms in total. The summed E-state index contributed by atoms with van der Waals surface area (Å²) in [6, 6.07) is 9.65. The van der Waals surface area contributed by atoms with Gasteiger partial charge in [0, 0.05) is 12.3 Å². The second-order valence-electron chi connectivity index (χ2n) is 6.73. The van der Waals surface area contributed by atoms with E-state index in [0.29, 0.717) is 23.8 Å². The minimum absolute atomic E-state index is 0.152. The third-order valence-electron chi connectivity index (χ3n) is 4.54. The highest BCUT2D eigenvalue weighted by Gasteiger charge is 2.23. The van der Waals surface area contributed by atoms with E-state index in [2.05, 4.69) is 40.6 Å². The Bertz CT molecular complexity index is 959. The molecule has 0 aliphatic carbocycles. The number of benzene rings is 1. The number of hydrogen-bond acceptors (Lipinski definition) is 3. The second kappa shape index (κ2) is 7.96. The molecule has 1 amide bonds. The van der Waals surface area contributed by atoms with Crippen molar-refractivity contribution in [3.63, 3.8) is 0 Å². The molecule has 0 aliphatic heterocycles. The van der Waals surface area contributed by atoms with Gasteiger partial charge in [0.15, 0.2) is 5.82 Å². The largest absolute Gasteiger partial charge is 0.307 e. The van der Waals surface area contributed by atoms with Crippen LogP contribution in [0.4, 0.5) is 5.82 Å². The van der Waals surface area contributed by atoms with E-state index >= 15 is 0 Å². The number of nitrogens with one attached hydrogen (secondary N) is 1. The molecule has 142 valence electrons. The van der Waals surface area contributed by atoms with E-state index in [9.17, 15) is 4.79 Å². The Morgan fingerprint density at radius 3 is 2.63 bits per heavy atom.